The summed E-state index contributed by atoms with van der Waals surface area (Å²) in [4.78, 5) is 38.6. The van der Waals surface area contributed by atoms with E-state index in [9.17, 15) is 14.4 Å². The number of Topliss-reactive ketones (excluding diaryl/α,β-unsaturated/α-hetero) is 1. The second-order valence-electron chi connectivity index (χ2n) is 8.27. The average molecular weight is 365 g/mol. The number of fused-ring (bicyclic) bond motifs is 1. The zero-order valence-corrected chi connectivity index (χ0v) is 16.0. The lowest BCUT2D eigenvalue weighted by atomic mass is 9.69. The standard InChI is InChI=1S/C21H23N3O3/c1-21(2)10-13-16(14(25)11-21)15(12-8-6-5-7-9-12)17-18(22-13)23(3)20(27)24(4)19(17)26/h5-9,15,22H,10-11H2,1-4H3/t15-/m0/s1. The average Bonchev–Trinajstić information content (AvgIpc) is 2.62. The van der Waals surface area contributed by atoms with Crippen molar-refractivity contribution in [1.82, 2.24) is 9.13 Å². The minimum Gasteiger partial charge on any atom is -0.344 e. The van der Waals surface area contributed by atoms with Gasteiger partial charge in [-0.3, -0.25) is 18.7 Å². The first-order valence-electron chi connectivity index (χ1n) is 9.09. The molecule has 1 N–H and O–H groups in total. The Bertz CT molecular complexity index is 1100. The van der Waals surface area contributed by atoms with Crippen molar-refractivity contribution in [2.45, 2.75) is 32.6 Å². The fourth-order valence-electron chi connectivity index (χ4n) is 4.33. The van der Waals surface area contributed by atoms with Crippen LogP contribution >= 0.6 is 0 Å². The van der Waals surface area contributed by atoms with E-state index in [1.54, 1.807) is 7.05 Å². The van der Waals surface area contributed by atoms with Crippen molar-refractivity contribution in [1.29, 1.82) is 0 Å². The van der Waals surface area contributed by atoms with E-state index in [4.69, 9.17) is 0 Å². The zero-order valence-electron chi connectivity index (χ0n) is 16.0. The molecule has 27 heavy (non-hydrogen) atoms. The van der Waals surface area contributed by atoms with Crippen molar-refractivity contribution in [2.24, 2.45) is 19.5 Å². The number of nitrogens with one attached hydrogen (secondary N) is 1. The molecule has 1 aromatic heterocycles. The van der Waals surface area contributed by atoms with E-state index in [1.165, 1.54) is 11.6 Å². The molecule has 2 heterocycles. The summed E-state index contributed by atoms with van der Waals surface area (Å²) < 4.78 is 2.57. The van der Waals surface area contributed by atoms with E-state index >= 15 is 0 Å². The van der Waals surface area contributed by atoms with Gasteiger partial charge in [-0.25, -0.2) is 4.79 Å². The fraction of sp³-hybridized carbons (Fsp3) is 0.381. The largest absolute Gasteiger partial charge is 0.344 e. The normalized spacial score (nSPS) is 20.7. The Morgan fingerprint density at radius 3 is 2.33 bits per heavy atom. The van der Waals surface area contributed by atoms with Crippen molar-refractivity contribution in [3.63, 3.8) is 0 Å². The van der Waals surface area contributed by atoms with Crippen LogP contribution in [0.1, 0.15) is 43.7 Å². The summed E-state index contributed by atoms with van der Waals surface area (Å²) in [6.45, 7) is 4.12. The molecule has 2 aromatic rings. The van der Waals surface area contributed by atoms with E-state index in [2.05, 4.69) is 19.2 Å². The van der Waals surface area contributed by atoms with E-state index in [0.29, 0.717) is 29.8 Å². The van der Waals surface area contributed by atoms with Crippen LogP contribution in [0.5, 0.6) is 0 Å². The van der Waals surface area contributed by atoms with Gasteiger partial charge >= 0.3 is 5.69 Å². The summed E-state index contributed by atoms with van der Waals surface area (Å²) in [7, 11) is 3.12. The van der Waals surface area contributed by atoms with Crippen molar-refractivity contribution >= 4 is 11.6 Å². The molecular weight excluding hydrogens is 342 g/mol. The predicted molar refractivity (Wildman–Crippen MR) is 104 cm³/mol. The van der Waals surface area contributed by atoms with Crippen molar-refractivity contribution in [2.75, 3.05) is 5.32 Å². The monoisotopic (exact) mass is 365 g/mol. The molecule has 6 nitrogen and oxygen atoms in total. The topological polar surface area (TPSA) is 73.1 Å². The van der Waals surface area contributed by atoms with Crippen molar-refractivity contribution in [3.8, 4) is 0 Å². The number of benzene rings is 1. The molecule has 6 heteroatoms. The number of rotatable bonds is 1. The van der Waals surface area contributed by atoms with Gasteiger partial charge in [-0.1, -0.05) is 44.2 Å². The van der Waals surface area contributed by atoms with Crippen LogP contribution in [0.4, 0.5) is 5.82 Å². The first-order valence-corrected chi connectivity index (χ1v) is 9.09. The predicted octanol–water partition coefficient (Wildman–Crippen LogP) is 2.28. The maximum Gasteiger partial charge on any atom is 0.332 e. The Balaban J connectivity index is 2.08. The summed E-state index contributed by atoms with van der Waals surface area (Å²) in [6, 6.07) is 9.58. The van der Waals surface area contributed by atoms with Gasteiger partial charge in [0.15, 0.2) is 5.78 Å². The van der Waals surface area contributed by atoms with E-state index in [-0.39, 0.29) is 22.4 Å². The van der Waals surface area contributed by atoms with Crippen molar-refractivity contribution in [3.05, 3.63) is 73.6 Å². The number of allylic oxidation sites excluding steroid dienone is 2. The molecule has 140 valence electrons. The highest BCUT2D eigenvalue weighted by Gasteiger charge is 2.42. The number of aromatic nitrogens is 2. The highest BCUT2D eigenvalue weighted by molar-refractivity contribution is 6.01. The summed E-state index contributed by atoms with van der Waals surface area (Å²) in [5.74, 6) is 0.0805. The van der Waals surface area contributed by atoms with E-state index in [0.717, 1.165) is 15.8 Å². The zero-order chi connectivity index (χ0) is 19.5. The van der Waals surface area contributed by atoms with E-state index < -0.39 is 5.92 Å². The first-order chi connectivity index (χ1) is 12.7. The molecule has 0 radical (unpaired) electrons. The van der Waals surface area contributed by atoms with Crippen LogP contribution in [0, 0.1) is 5.41 Å². The van der Waals surface area contributed by atoms with Gasteiger partial charge in [-0.15, -0.1) is 0 Å². The lowest BCUT2D eigenvalue weighted by molar-refractivity contribution is -0.118. The lowest BCUT2D eigenvalue weighted by Crippen LogP contribution is -2.45. The Morgan fingerprint density at radius 2 is 1.67 bits per heavy atom. The summed E-state index contributed by atoms with van der Waals surface area (Å²) in [5, 5.41) is 3.27. The van der Waals surface area contributed by atoms with Gasteiger partial charge in [0.25, 0.3) is 5.56 Å². The molecule has 2 aliphatic rings. The maximum absolute atomic E-state index is 13.1. The minimum atomic E-state index is -0.466. The molecule has 1 atom stereocenters. The summed E-state index contributed by atoms with van der Waals surface area (Å²) >= 11 is 0. The Morgan fingerprint density at radius 1 is 1.00 bits per heavy atom. The van der Waals surface area contributed by atoms with Gasteiger partial charge in [0.05, 0.1) is 5.56 Å². The Labute approximate surface area is 157 Å². The molecule has 1 aromatic carbocycles. The van der Waals surface area contributed by atoms with Gasteiger partial charge < -0.3 is 5.32 Å². The molecule has 0 spiro atoms. The Hall–Kier alpha value is -2.89. The van der Waals surface area contributed by atoms with Crippen LogP contribution in [0.2, 0.25) is 0 Å². The molecule has 0 bridgehead atoms. The maximum atomic E-state index is 13.1. The smallest absolute Gasteiger partial charge is 0.332 e. The highest BCUT2D eigenvalue weighted by atomic mass is 16.2. The van der Waals surface area contributed by atoms with Gasteiger partial charge in [-0.2, -0.15) is 0 Å². The van der Waals surface area contributed by atoms with Crippen LogP contribution in [0.3, 0.4) is 0 Å². The minimum absolute atomic E-state index is 0.0594. The second kappa shape index (κ2) is 5.81. The third-order valence-corrected chi connectivity index (χ3v) is 5.60. The molecule has 0 unspecified atom stereocenters. The van der Waals surface area contributed by atoms with Crippen LogP contribution in [-0.2, 0) is 18.9 Å². The number of carbonyl (C=O) groups excluding carboxylic acids is 1. The van der Waals surface area contributed by atoms with Crippen molar-refractivity contribution < 1.29 is 4.79 Å². The summed E-state index contributed by atoms with van der Waals surface area (Å²) in [6.07, 6.45) is 1.14. The second-order valence-corrected chi connectivity index (χ2v) is 8.27. The van der Waals surface area contributed by atoms with Gasteiger partial charge in [0.1, 0.15) is 5.82 Å². The van der Waals surface area contributed by atoms with Crippen LogP contribution in [-0.4, -0.2) is 14.9 Å². The molecule has 4 rings (SSSR count). The SMILES string of the molecule is Cn1c2c(c(=O)n(C)c1=O)[C@@H](c1ccccc1)C1=C(CC(C)(C)CC1=O)N2. The molecular formula is C21H23N3O3. The quantitative estimate of drug-likeness (QED) is 0.842. The number of carbonyl (C=O) groups is 1. The first kappa shape index (κ1) is 17.5. The fourth-order valence-corrected chi connectivity index (χ4v) is 4.33. The number of ketones is 1. The third kappa shape index (κ3) is 2.59. The third-order valence-electron chi connectivity index (χ3n) is 5.60. The number of hydrogen-bond acceptors (Lipinski definition) is 4. The Kier molecular flexibility index (Phi) is 3.77. The molecule has 0 amide bonds. The van der Waals surface area contributed by atoms with Crippen LogP contribution < -0.4 is 16.6 Å². The summed E-state index contributed by atoms with van der Waals surface area (Å²) in [5.41, 5.74) is 1.90. The molecule has 0 saturated carbocycles. The van der Waals surface area contributed by atoms with Gasteiger partial charge in [0.2, 0.25) is 0 Å². The molecule has 1 aliphatic heterocycles. The van der Waals surface area contributed by atoms with Crippen LogP contribution in [0.15, 0.2) is 51.2 Å². The van der Waals surface area contributed by atoms with E-state index in [1.807, 2.05) is 30.3 Å². The molecule has 0 saturated heterocycles. The van der Waals surface area contributed by atoms with Crippen LogP contribution in [0.25, 0.3) is 0 Å². The number of hydrogen-bond donors (Lipinski definition) is 1. The van der Waals surface area contributed by atoms with Gasteiger partial charge in [-0.05, 0) is 17.4 Å². The molecule has 0 fully saturated rings. The van der Waals surface area contributed by atoms with Gasteiger partial charge in [0, 0.05) is 37.7 Å². The number of nitrogens with zero attached hydrogens (tertiary/aromatic N) is 2. The molecule has 1 aliphatic carbocycles. The highest BCUT2D eigenvalue weighted by Crippen LogP contribution is 2.47. The lowest BCUT2D eigenvalue weighted by Gasteiger charge is -2.39. The number of anilines is 1.